The molecule has 0 radical (unpaired) electrons. The number of rotatable bonds is 3. The first-order chi connectivity index (χ1) is 7.18. The van der Waals surface area contributed by atoms with Gasteiger partial charge in [0.25, 0.3) is 0 Å². The lowest BCUT2D eigenvalue weighted by atomic mass is 9.94. The monoisotopic (exact) mass is 210 g/mol. The molecule has 88 valence electrons. The fraction of sp³-hybridized carbons (Fsp3) is 1.00. The van der Waals surface area contributed by atoms with E-state index in [1.165, 1.54) is 58.2 Å². The van der Waals surface area contributed by atoms with Crippen LogP contribution in [0.3, 0.4) is 0 Å². The zero-order chi connectivity index (χ0) is 10.7. The molecule has 0 atom stereocenters. The Bertz CT molecular complexity index is 189. The summed E-state index contributed by atoms with van der Waals surface area (Å²) in [5.74, 6) is 0.929. The van der Waals surface area contributed by atoms with Crippen molar-refractivity contribution in [3.63, 3.8) is 0 Å². The van der Waals surface area contributed by atoms with Crippen LogP contribution in [0.15, 0.2) is 0 Å². The molecule has 0 unspecified atom stereocenters. The lowest BCUT2D eigenvalue weighted by Crippen LogP contribution is -2.44. The summed E-state index contributed by atoms with van der Waals surface area (Å²) in [6.07, 6.45) is 8.41. The highest BCUT2D eigenvalue weighted by atomic mass is 15.1. The summed E-state index contributed by atoms with van der Waals surface area (Å²) in [6, 6.07) is 0. The third kappa shape index (κ3) is 3.18. The smallest absolute Gasteiger partial charge is 0.0153 e. The Morgan fingerprint density at radius 2 is 1.80 bits per heavy atom. The van der Waals surface area contributed by atoms with Crippen LogP contribution in [-0.2, 0) is 0 Å². The zero-order valence-electron chi connectivity index (χ0n) is 10.4. The molecule has 0 aromatic carbocycles. The molecule has 1 heterocycles. The molecule has 15 heavy (non-hydrogen) atoms. The van der Waals surface area contributed by atoms with Crippen molar-refractivity contribution in [2.24, 2.45) is 5.92 Å². The van der Waals surface area contributed by atoms with Crippen LogP contribution in [0.2, 0.25) is 0 Å². The van der Waals surface area contributed by atoms with Gasteiger partial charge in [-0.05, 0) is 65.2 Å². The number of piperidine rings is 1. The average Bonchev–Trinajstić information content (AvgIpc) is 2.65. The van der Waals surface area contributed by atoms with Gasteiger partial charge in [-0.2, -0.15) is 0 Å². The molecule has 1 N–H and O–H groups in total. The van der Waals surface area contributed by atoms with Gasteiger partial charge in [-0.25, -0.2) is 0 Å². The molecule has 0 aromatic rings. The van der Waals surface area contributed by atoms with E-state index in [-0.39, 0.29) is 0 Å². The quantitative estimate of drug-likeness (QED) is 0.768. The number of nitrogens with one attached hydrogen (secondary N) is 1. The largest absolute Gasteiger partial charge is 0.311 e. The van der Waals surface area contributed by atoms with Gasteiger partial charge in [0.05, 0.1) is 0 Å². The van der Waals surface area contributed by atoms with E-state index in [1.54, 1.807) is 0 Å². The summed E-state index contributed by atoms with van der Waals surface area (Å²) in [5, 5.41) is 3.82. The Balaban J connectivity index is 1.69. The molecule has 0 spiro atoms. The molecule has 2 nitrogen and oxygen atoms in total. The minimum atomic E-state index is 0.476. The Hall–Kier alpha value is -0.0800. The van der Waals surface area contributed by atoms with Gasteiger partial charge < -0.3 is 10.2 Å². The highest BCUT2D eigenvalue weighted by Crippen LogP contribution is 2.29. The maximum absolute atomic E-state index is 3.82. The summed E-state index contributed by atoms with van der Waals surface area (Å²) in [6.45, 7) is 6.26. The van der Waals surface area contributed by atoms with Crippen molar-refractivity contribution in [2.45, 2.75) is 51.0 Å². The van der Waals surface area contributed by atoms with Crippen LogP contribution in [0.25, 0.3) is 0 Å². The van der Waals surface area contributed by atoms with Crippen LogP contribution in [0.4, 0.5) is 0 Å². The van der Waals surface area contributed by atoms with Crippen molar-refractivity contribution >= 4 is 0 Å². The Labute approximate surface area is 94.4 Å². The van der Waals surface area contributed by atoms with Gasteiger partial charge in [-0.3, -0.25) is 0 Å². The molecule has 2 aliphatic rings. The van der Waals surface area contributed by atoms with Crippen molar-refractivity contribution in [3.8, 4) is 0 Å². The highest BCUT2D eigenvalue weighted by Gasteiger charge is 2.29. The summed E-state index contributed by atoms with van der Waals surface area (Å²) < 4.78 is 0. The standard InChI is InChI=1S/C13H26N2/c1-13(7-3-4-8-13)14-11-12-5-9-15(2)10-6-12/h12,14H,3-11H2,1-2H3. The molecule has 0 amide bonds. The lowest BCUT2D eigenvalue weighted by molar-refractivity contribution is 0.203. The van der Waals surface area contributed by atoms with Crippen molar-refractivity contribution in [1.29, 1.82) is 0 Å². The minimum Gasteiger partial charge on any atom is -0.311 e. The van der Waals surface area contributed by atoms with Crippen LogP contribution in [-0.4, -0.2) is 37.1 Å². The molecule has 1 saturated heterocycles. The average molecular weight is 210 g/mol. The first-order valence-corrected chi connectivity index (χ1v) is 6.62. The Morgan fingerprint density at radius 3 is 2.40 bits per heavy atom. The summed E-state index contributed by atoms with van der Waals surface area (Å²) in [4.78, 5) is 2.45. The van der Waals surface area contributed by atoms with Gasteiger partial charge in [-0.1, -0.05) is 12.8 Å². The number of nitrogens with zero attached hydrogens (tertiary/aromatic N) is 1. The van der Waals surface area contributed by atoms with Gasteiger partial charge in [0, 0.05) is 5.54 Å². The molecule has 1 aliphatic carbocycles. The van der Waals surface area contributed by atoms with Crippen LogP contribution < -0.4 is 5.32 Å². The van der Waals surface area contributed by atoms with Crippen LogP contribution in [0.1, 0.15) is 45.4 Å². The number of hydrogen-bond acceptors (Lipinski definition) is 2. The van der Waals surface area contributed by atoms with E-state index in [4.69, 9.17) is 0 Å². The molecular formula is C13H26N2. The summed E-state index contributed by atoms with van der Waals surface area (Å²) in [5.41, 5.74) is 0.476. The summed E-state index contributed by atoms with van der Waals surface area (Å²) in [7, 11) is 2.24. The predicted molar refractivity (Wildman–Crippen MR) is 65.1 cm³/mol. The molecule has 1 aliphatic heterocycles. The van der Waals surface area contributed by atoms with E-state index < -0.39 is 0 Å². The molecule has 2 rings (SSSR count). The first-order valence-electron chi connectivity index (χ1n) is 6.62. The van der Waals surface area contributed by atoms with Crippen molar-refractivity contribution in [3.05, 3.63) is 0 Å². The molecule has 1 saturated carbocycles. The van der Waals surface area contributed by atoms with E-state index in [9.17, 15) is 0 Å². The van der Waals surface area contributed by atoms with Crippen molar-refractivity contribution in [2.75, 3.05) is 26.7 Å². The predicted octanol–water partition coefficient (Wildman–Crippen LogP) is 2.25. The first kappa shape index (κ1) is 11.4. The summed E-state index contributed by atoms with van der Waals surface area (Å²) >= 11 is 0. The molecule has 2 fully saturated rings. The second-order valence-corrected chi connectivity index (χ2v) is 5.90. The normalized spacial score (nSPS) is 28.4. The van der Waals surface area contributed by atoms with Gasteiger partial charge >= 0.3 is 0 Å². The highest BCUT2D eigenvalue weighted by molar-refractivity contribution is 4.89. The molecule has 0 bridgehead atoms. The Morgan fingerprint density at radius 1 is 1.20 bits per heavy atom. The van der Waals surface area contributed by atoms with Crippen LogP contribution in [0, 0.1) is 5.92 Å². The molecular weight excluding hydrogens is 184 g/mol. The van der Waals surface area contributed by atoms with E-state index in [1.807, 2.05) is 0 Å². The van der Waals surface area contributed by atoms with E-state index in [0.29, 0.717) is 5.54 Å². The zero-order valence-corrected chi connectivity index (χ0v) is 10.4. The van der Waals surface area contributed by atoms with E-state index in [0.717, 1.165) is 5.92 Å². The molecule has 0 aromatic heterocycles. The van der Waals surface area contributed by atoms with Crippen molar-refractivity contribution in [1.82, 2.24) is 10.2 Å². The fourth-order valence-electron chi connectivity index (χ4n) is 2.99. The third-order valence-corrected chi connectivity index (χ3v) is 4.36. The maximum Gasteiger partial charge on any atom is 0.0153 e. The Kier molecular flexibility index (Phi) is 3.68. The SMILES string of the molecule is CN1CCC(CNC2(C)CCCC2)CC1. The van der Waals surface area contributed by atoms with Gasteiger partial charge in [0.2, 0.25) is 0 Å². The van der Waals surface area contributed by atoms with Crippen molar-refractivity contribution < 1.29 is 0 Å². The maximum atomic E-state index is 3.82. The second kappa shape index (κ2) is 4.84. The topological polar surface area (TPSA) is 15.3 Å². The molecule has 2 heteroatoms. The number of hydrogen-bond donors (Lipinski definition) is 1. The minimum absolute atomic E-state index is 0.476. The fourth-order valence-corrected chi connectivity index (χ4v) is 2.99. The lowest BCUT2D eigenvalue weighted by Gasteiger charge is -2.33. The number of likely N-dealkylation sites (tertiary alicyclic amines) is 1. The van der Waals surface area contributed by atoms with Crippen LogP contribution in [0.5, 0.6) is 0 Å². The van der Waals surface area contributed by atoms with E-state index in [2.05, 4.69) is 24.2 Å². The van der Waals surface area contributed by atoms with Crippen LogP contribution >= 0.6 is 0 Å². The second-order valence-electron chi connectivity index (χ2n) is 5.90. The van der Waals surface area contributed by atoms with Gasteiger partial charge in [-0.15, -0.1) is 0 Å². The van der Waals surface area contributed by atoms with E-state index >= 15 is 0 Å². The van der Waals surface area contributed by atoms with Gasteiger partial charge in [0.1, 0.15) is 0 Å². The third-order valence-electron chi connectivity index (χ3n) is 4.36. The van der Waals surface area contributed by atoms with Gasteiger partial charge in [0.15, 0.2) is 0 Å².